The minimum Gasteiger partial charge on any atom is -0.491 e. The number of carbonyl (C=O) groups excluding carboxylic acids is 1. The second-order valence-electron chi connectivity index (χ2n) is 5.50. The SMILES string of the molecule is CC(O)CCNC(=O)NC(C)c1ccc(OC(C)C)cc1. The van der Waals surface area contributed by atoms with Crippen LogP contribution in [0.25, 0.3) is 0 Å². The van der Waals surface area contributed by atoms with Crippen LogP contribution in [0, 0.1) is 0 Å². The van der Waals surface area contributed by atoms with E-state index >= 15 is 0 Å². The third kappa shape index (κ3) is 6.99. The Balaban J connectivity index is 2.44. The van der Waals surface area contributed by atoms with E-state index in [4.69, 9.17) is 9.84 Å². The quantitative estimate of drug-likeness (QED) is 0.724. The van der Waals surface area contributed by atoms with Gasteiger partial charge in [-0.3, -0.25) is 0 Å². The molecule has 2 unspecified atom stereocenters. The van der Waals surface area contributed by atoms with Crippen LogP contribution in [0.4, 0.5) is 4.79 Å². The Hall–Kier alpha value is -1.75. The summed E-state index contributed by atoms with van der Waals surface area (Å²) in [6, 6.07) is 7.37. The molecule has 118 valence electrons. The number of amides is 2. The number of benzene rings is 1. The predicted octanol–water partition coefficient (Wildman–Crippen LogP) is 2.60. The minimum absolute atomic E-state index is 0.0929. The van der Waals surface area contributed by atoms with Crippen LogP contribution < -0.4 is 15.4 Å². The van der Waals surface area contributed by atoms with Gasteiger partial charge in [0.05, 0.1) is 18.2 Å². The minimum atomic E-state index is -0.406. The van der Waals surface area contributed by atoms with Gasteiger partial charge in [0, 0.05) is 6.54 Å². The maximum Gasteiger partial charge on any atom is 0.315 e. The van der Waals surface area contributed by atoms with Crippen LogP contribution in [0.3, 0.4) is 0 Å². The first-order valence-corrected chi connectivity index (χ1v) is 7.37. The Morgan fingerprint density at radius 1 is 1.19 bits per heavy atom. The van der Waals surface area contributed by atoms with Gasteiger partial charge in [0.1, 0.15) is 5.75 Å². The average Bonchev–Trinajstić information content (AvgIpc) is 2.38. The monoisotopic (exact) mass is 294 g/mol. The molecule has 1 rings (SSSR count). The fourth-order valence-electron chi connectivity index (χ4n) is 1.83. The van der Waals surface area contributed by atoms with Crippen molar-refractivity contribution >= 4 is 6.03 Å². The molecule has 1 aromatic rings. The van der Waals surface area contributed by atoms with E-state index < -0.39 is 6.10 Å². The highest BCUT2D eigenvalue weighted by Gasteiger charge is 2.09. The lowest BCUT2D eigenvalue weighted by Crippen LogP contribution is -2.38. The van der Waals surface area contributed by atoms with Crippen molar-refractivity contribution in [1.29, 1.82) is 0 Å². The van der Waals surface area contributed by atoms with Crippen molar-refractivity contribution in [3.8, 4) is 5.75 Å². The molecule has 0 aliphatic heterocycles. The normalized spacial score (nSPS) is 13.6. The van der Waals surface area contributed by atoms with Gasteiger partial charge in [-0.1, -0.05) is 12.1 Å². The van der Waals surface area contributed by atoms with Crippen LogP contribution >= 0.6 is 0 Å². The molecule has 0 bridgehead atoms. The highest BCUT2D eigenvalue weighted by atomic mass is 16.5. The number of hydrogen-bond donors (Lipinski definition) is 3. The summed E-state index contributed by atoms with van der Waals surface area (Å²) in [7, 11) is 0. The smallest absolute Gasteiger partial charge is 0.315 e. The molecule has 5 heteroatoms. The van der Waals surface area contributed by atoms with Crippen LogP contribution in [0.5, 0.6) is 5.75 Å². The third-order valence-corrected chi connectivity index (χ3v) is 2.95. The maximum atomic E-state index is 11.7. The molecule has 1 aromatic carbocycles. The largest absolute Gasteiger partial charge is 0.491 e. The van der Waals surface area contributed by atoms with Gasteiger partial charge in [-0.25, -0.2) is 4.79 Å². The Kier molecular flexibility index (Phi) is 7.02. The van der Waals surface area contributed by atoms with Gasteiger partial charge in [-0.2, -0.15) is 0 Å². The molecule has 2 atom stereocenters. The number of nitrogens with one attached hydrogen (secondary N) is 2. The number of urea groups is 1. The number of aliphatic hydroxyl groups excluding tert-OH is 1. The van der Waals surface area contributed by atoms with E-state index in [1.165, 1.54) is 0 Å². The zero-order valence-corrected chi connectivity index (χ0v) is 13.2. The Labute approximate surface area is 126 Å². The standard InChI is InChI=1S/C16H26N2O3/c1-11(2)21-15-7-5-14(6-8-15)13(4)18-16(20)17-10-9-12(3)19/h5-8,11-13,19H,9-10H2,1-4H3,(H2,17,18,20). The lowest BCUT2D eigenvalue weighted by atomic mass is 10.1. The van der Waals surface area contributed by atoms with E-state index in [0.717, 1.165) is 11.3 Å². The van der Waals surface area contributed by atoms with E-state index in [0.29, 0.717) is 13.0 Å². The lowest BCUT2D eigenvalue weighted by Gasteiger charge is -2.16. The molecule has 0 aliphatic carbocycles. The van der Waals surface area contributed by atoms with E-state index in [1.807, 2.05) is 45.0 Å². The Morgan fingerprint density at radius 2 is 1.81 bits per heavy atom. The van der Waals surface area contributed by atoms with Crippen molar-refractivity contribution in [3.63, 3.8) is 0 Å². The molecule has 3 N–H and O–H groups in total. The number of aliphatic hydroxyl groups is 1. The van der Waals surface area contributed by atoms with Crippen LogP contribution in [-0.4, -0.2) is 29.9 Å². The topological polar surface area (TPSA) is 70.6 Å². The van der Waals surface area contributed by atoms with Crippen molar-refractivity contribution in [1.82, 2.24) is 10.6 Å². The second-order valence-corrected chi connectivity index (χ2v) is 5.50. The van der Waals surface area contributed by atoms with Gasteiger partial charge in [-0.05, 0) is 51.8 Å². The zero-order chi connectivity index (χ0) is 15.8. The van der Waals surface area contributed by atoms with Crippen molar-refractivity contribution in [2.24, 2.45) is 0 Å². The molecule has 0 fully saturated rings. The van der Waals surface area contributed by atoms with E-state index in [1.54, 1.807) is 6.92 Å². The number of ether oxygens (including phenoxy) is 1. The Bertz CT molecular complexity index is 430. The summed E-state index contributed by atoms with van der Waals surface area (Å²) >= 11 is 0. The number of rotatable bonds is 7. The van der Waals surface area contributed by atoms with Gasteiger partial charge in [0.25, 0.3) is 0 Å². The molecule has 21 heavy (non-hydrogen) atoms. The Morgan fingerprint density at radius 3 is 2.33 bits per heavy atom. The molecule has 0 heterocycles. The van der Waals surface area contributed by atoms with Crippen molar-refractivity contribution in [2.75, 3.05) is 6.54 Å². The van der Waals surface area contributed by atoms with Crippen molar-refractivity contribution in [3.05, 3.63) is 29.8 Å². The molecule has 0 saturated carbocycles. The van der Waals surface area contributed by atoms with Gasteiger partial charge in [-0.15, -0.1) is 0 Å². The molecule has 2 amide bonds. The number of carbonyl (C=O) groups is 1. The maximum absolute atomic E-state index is 11.7. The van der Waals surface area contributed by atoms with E-state index in [2.05, 4.69) is 10.6 Å². The summed E-state index contributed by atoms with van der Waals surface area (Å²) in [6.45, 7) is 8.04. The summed E-state index contributed by atoms with van der Waals surface area (Å²) in [5, 5.41) is 14.7. The highest BCUT2D eigenvalue weighted by Crippen LogP contribution is 2.18. The third-order valence-electron chi connectivity index (χ3n) is 2.95. The molecule has 0 aliphatic rings. The van der Waals surface area contributed by atoms with Gasteiger partial charge < -0.3 is 20.5 Å². The second kappa shape index (κ2) is 8.52. The first-order chi connectivity index (χ1) is 9.88. The molecule has 0 aromatic heterocycles. The molecule has 0 spiro atoms. The summed E-state index contributed by atoms with van der Waals surface area (Å²) in [5.41, 5.74) is 1.01. The summed E-state index contributed by atoms with van der Waals surface area (Å²) < 4.78 is 5.58. The van der Waals surface area contributed by atoms with Crippen LogP contribution in [0.2, 0.25) is 0 Å². The summed E-state index contributed by atoms with van der Waals surface area (Å²) in [6.07, 6.45) is 0.283. The van der Waals surface area contributed by atoms with E-state index in [-0.39, 0.29) is 18.2 Å². The first kappa shape index (κ1) is 17.3. The molecule has 0 saturated heterocycles. The first-order valence-electron chi connectivity index (χ1n) is 7.37. The van der Waals surface area contributed by atoms with Crippen LogP contribution in [-0.2, 0) is 0 Å². The van der Waals surface area contributed by atoms with Gasteiger partial charge >= 0.3 is 6.03 Å². The summed E-state index contributed by atoms with van der Waals surface area (Å²) in [4.78, 5) is 11.7. The predicted molar refractivity (Wildman–Crippen MR) is 83.5 cm³/mol. The number of hydrogen-bond acceptors (Lipinski definition) is 3. The van der Waals surface area contributed by atoms with Gasteiger partial charge in [0.15, 0.2) is 0 Å². The van der Waals surface area contributed by atoms with E-state index in [9.17, 15) is 4.79 Å². The fourth-order valence-corrected chi connectivity index (χ4v) is 1.83. The average molecular weight is 294 g/mol. The molecular formula is C16H26N2O3. The molecular weight excluding hydrogens is 268 g/mol. The summed E-state index contributed by atoms with van der Waals surface area (Å²) in [5.74, 6) is 0.822. The molecule has 0 radical (unpaired) electrons. The zero-order valence-electron chi connectivity index (χ0n) is 13.2. The van der Waals surface area contributed by atoms with Crippen molar-refractivity contribution in [2.45, 2.75) is 52.4 Å². The van der Waals surface area contributed by atoms with Crippen molar-refractivity contribution < 1.29 is 14.6 Å². The van der Waals surface area contributed by atoms with Crippen LogP contribution in [0.1, 0.15) is 45.7 Å². The highest BCUT2D eigenvalue weighted by molar-refractivity contribution is 5.74. The van der Waals surface area contributed by atoms with Crippen LogP contribution in [0.15, 0.2) is 24.3 Å². The fraction of sp³-hybridized carbons (Fsp3) is 0.562. The van der Waals surface area contributed by atoms with Gasteiger partial charge in [0.2, 0.25) is 0 Å². The molecule has 5 nitrogen and oxygen atoms in total. The lowest BCUT2D eigenvalue weighted by molar-refractivity contribution is 0.183.